The Hall–Kier alpha value is -2.10. The van der Waals surface area contributed by atoms with Gasteiger partial charge in [-0.15, -0.1) is 0 Å². The van der Waals surface area contributed by atoms with E-state index in [1.807, 2.05) is 6.07 Å². The molecule has 4 nitrogen and oxygen atoms in total. The first-order valence-corrected chi connectivity index (χ1v) is 6.15. The Bertz CT molecular complexity index is 594. The highest BCUT2D eigenvalue weighted by molar-refractivity contribution is 5.77. The van der Waals surface area contributed by atoms with Crippen molar-refractivity contribution in [3.8, 4) is 17.0 Å². The van der Waals surface area contributed by atoms with E-state index in [2.05, 4.69) is 43.1 Å². The quantitative estimate of drug-likeness (QED) is 0.860. The summed E-state index contributed by atoms with van der Waals surface area (Å²) in [6.45, 7) is 6.46. The van der Waals surface area contributed by atoms with Gasteiger partial charge in [-0.1, -0.05) is 26.8 Å². The van der Waals surface area contributed by atoms with Gasteiger partial charge in [0, 0.05) is 5.56 Å². The predicted molar refractivity (Wildman–Crippen MR) is 74.7 cm³/mol. The first kappa shape index (κ1) is 13.3. The molecule has 0 spiro atoms. The fourth-order valence-corrected chi connectivity index (χ4v) is 1.91. The Balaban J connectivity index is 2.56. The SMILES string of the molecule is COc1ccc(C(C)(C)C)cc1-c1cc(C=O)[nH]n1. The highest BCUT2D eigenvalue weighted by Crippen LogP contribution is 2.33. The highest BCUT2D eigenvalue weighted by atomic mass is 16.5. The zero-order valence-electron chi connectivity index (χ0n) is 11.7. The van der Waals surface area contributed by atoms with Crippen molar-refractivity contribution in [2.75, 3.05) is 7.11 Å². The molecule has 0 unspecified atom stereocenters. The number of aldehydes is 1. The van der Waals surface area contributed by atoms with Gasteiger partial charge >= 0.3 is 0 Å². The lowest BCUT2D eigenvalue weighted by Gasteiger charge is -2.20. The zero-order chi connectivity index (χ0) is 14.0. The van der Waals surface area contributed by atoms with Crippen LogP contribution in [0.15, 0.2) is 24.3 Å². The molecule has 4 heteroatoms. The van der Waals surface area contributed by atoms with Crippen LogP contribution in [0.4, 0.5) is 0 Å². The summed E-state index contributed by atoms with van der Waals surface area (Å²) in [6, 6.07) is 7.77. The van der Waals surface area contributed by atoms with Crippen LogP contribution in [-0.4, -0.2) is 23.6 Å². The van der Waals surface area contributed by atoms with Crippen molar-refractivity contribution < 1.29 is 9.53 Å². The summed E-state index contributed by atoms with van der Waals surface area (Å²) in [7, 11) is 1.63. The van der Waals surface area contributed by atoms with Crippen molar-refractivity contribution >= 4 is 6.29 Å². The van der Waals surface area contributed by atoms with Crippen molar-refractivity contribution in [1.29, 1.82) is 0 Å². The van der Waals surface area contributed by atoms with Crippen molar-refractivity contribution in [2.45, 2.75) is 26.2 Å². The molecule has 0 fully saturated rings. The lowest BCUT2D eigenvalue weighted by atomic mass is 9.85. The van der Waals surface area contributed by atoms with Crippen LogP contribution in [0.25, 0.3) is 11.3 Å². The van der Waals surface area contributed by atoms with Crippen LogP contribution in [0.2, 0.25) is 0 Å². The molecule has 0 aliphatic carbocycles. The van der Waals surface area contributed by atoms with Crippen molar-refractivity contribution in [3.63, 3.8) is 0 Å². The maximum atomic E-state index is 10.7. The van der Waals surface area contributed by atoms with E-state index < -0.39 is 0 Å². The van der Waals surface area contributed by atoms with E-state index in [0.717, 1.165) is 17.6 Å². The summed E-state index contributed by atoms with van der Waals surface area (Å²) in [4.78, 5) is 10.7. The summed E-state index contributed by atoms with van der Waals surface area (Å²) in [5.41, 5.74) is 3.30. The third-order valence-corrected chi connectivity index (χ3v) is 3.07. The third kappa shape index (κ3) is 2.67. The molecule has 1 heterocycles. The lowest BCUT2D eigenvalue weighted by molar-refractivity contribution is 0.111. The van der Waals surface area contributed by atoms with Crippen LogP contribution in [0.1, 0.15) is 36.8 Å². The molecule has 0 aliphatic heterocycles. The highest BCUT2D eigenvalue weighted by Gasteiger charge is 2.17. The van der Waals surface area contributed by atoms with Gasteiger partial charge in [0.15, 0.2) is 6.29 Å². The molecule has 0 radical (unpaired) electrons. The Kier molecular flexibility index (Phi) is 3.42. The molecule has 1 N–H and O–H groups in total. The number of carbonyl (C=O) groups is 1. The van der Waals surface area contributed by atoms with Gasteiger partial charge in [-0.2, -0.15) is 5.10 Å². The molecule has 0 atom stereocenters. The number of benzene rings is 1. The number of methoxy groups -OCH3 is 1. The molecule has 0 aliphatic rings. The van der Waals surface area contributed by atoms with Gasteiger partial charge in [0.1, 0.15) is 5.75 Å². The Morgan fingerprint density at radius 1 is 1.26 bits per heavy atom. The second-order valence-corrected chi connectivity index (χ2v) is 5.49. The maximum Gasteiger partial charge on any atom is 0.167 e. The van der Waals surface area contributed by atoms with E-state index in [9.17, 15) is 4.79 Å². The fraction of sp³-hybridized carbons (Fsp3) is 0.333. The van der Waals surface area contributed by atoms with Gasteiger partial charge in [-0.3, -0.25) is 9.89 Å². The van der Waals surface area contributed by atoms with Crippen LogP contribution in [0, 0.1) is 0 Å². The van der Waals surface area contributed by atoms with Gasteiger partial charge < -0.3 is 4.74 Å². The van der Waals surface area contributed by atoms with Crippen LogP contribution >= 0.6 is 0 Å². The van der Waals surface area contributed by atoms with Crippen LogP contribution < -0.4 is 4.74 Å². The molecule has 100 valence electrons. The average Bonchev–Trinajstić information content (AvgIpc) is 2.85. The van der Waals surface area contributed by atoms with E-state index in [4.69, 9.17) is 4.74 Å². The molecule has 0 amide bonds. The number of hydrogen-bond acceptors (Lipinski definition) is 3. The second kappa shape index (κ2) is 4.88. The number of aromatic nitrogens is 2. The number of hydrogen-bond donors (Lipinski definition) is 1. The van der Waals surface area contributed by atoms with Crippen molar-refractivity contribution in [1.82, 2.24) is 10.2 Å². The summed E-state index contributed by atoms with van der Waals surface area (Å²) in [5, 5.41) is 6.84. The molecule has 1 aromatic heterocycles. The number of ether oxygens (including phenoxy) is 1. The number of nitrogens with zero attached hydrogens (tertiary/aromatic N) is 1. The summed E-state index contributed by atoms with van der Waals surface area (Å²) in [5.74, 6) is 0.747. The van der Waals surface area contributed by atoms with E-state index in [1.165, 1.54) is 5.56 Å². The molecule has 19 heavy (non-hydrogen) atoms. The molecular weight excluding hydrogens is 240 g/mol. The van der Waals surface area contributed by atoms with Crippen molar-refractivity contribution in [2.24, 2.45) is 0 Å². The smallest absolute Gasteiger partial charge is 0.167 e. The topological polar surface area (TPSA) is 55.0 Å². The van der Waals surface area contributed by atoms with Gasteiger partial charge in [-0.25, -0.2) is 0 Å². The monoisotopic (exact) mass is 258 g/mol. The van der Waals surface area contributed by atoms with E-state index in [-0.39, 0.29) is 5.41 Å². The van der Waals surface area contributed by atoms with E-state index in [0.29, 0.717) is 11.4 Å². The zero-order valence-corrected chi connectivity index (χ0v) is 11.7. The maximum absolute atomic E-state index is 10.7. The van der Waals surface area contributed by atoms with Crippen molar-refractivity contribution in [3.05, 3.63) is 35.5 Å². The first-order valence-electron chi connectivity index (χ1n) is 6.15. The lowest BCUT2D eigenvalue weighted by Crippen LogP contribution is -2.11. The van der Waals surface area contributed by atoms with Crippen LogP contribution in [0.5, 0.6) is 5.75 Å². The van der Waals surface area contributed by atoms with Gasteiger partial charge in [0.25, 0.3) is 0 Å². The molecule has 0 saturated heterocycles. The minimum absolute atomic E-state index is 0.0464. The van der Waals surface area contributed by atoms with Gasteiger partial charge in [0.2, 0.25) is 0 Å². The number of nitrogens with one attached hydrogen (secondary N) is 1. The Labute approximate surface area is 112 Å². The molecule has 0 bridgehead atoms. The minimum Gasteiger partial charge on any atom is -0.496 e. The molecule has 0 saturated carbocycles. The number of H-pyrrole nitrogens is 1. The number of rotatable bonds is 3. The Morgan fingerprint density at radius 2 is 2.00 bits per heavy atom. The first-order chi connectivity index (χ1) is 8.95. The second-order valence-electron chi connectivity index (χ2n) is 5.49. The normalized spacial score (nSPS) is 11.4. The largest absolute Gasteiger partial charge is 0.496 e. The Morgan fingerprint density at radius 3 is 2.53 bits per heavy atom. The third-order valence-electron chi connectivity index (χ3n) is 3.07. The van der Waals surface area contributed by atoms with Crippen LogP contribution in [0.3, 0.4) is 0 Å². The van der Waals surface area contributed by atoms with Crippen LogP contribution in [-0.2, 0) is 5.41 Å². The summed E-state index contributed by atoms with van der Waals surface area (Å²) >= 11 is 0. The van der Waals surface area contributed by atoms with E-state index >= 15 is 0 Å². The van der Waals surface area contributed by atoms with Gasteiger partial charge in [0.05, 0.1) is 18.5 Å². The van der Waals surface area contributed by atoms with E-state index in [1.54, 1.807) is 13.2 Å². The fourth-order valence-electron chi connectivity index (χ4n) is 1.91. The summed E-state index contributed by atoms with van der Waals surface area (Å²) in [6.07, 6.45) is 0.747. The standard InChI is InChI=1S/C15H18N2O2/c1-15(2,3)10-5-6-14(19-4)12(7-10)13-8-11(9-18)16-17-13/h5-9H,1-4H3,(H,16,17). The van der Waals surface area contributed by atoms with Gasteiger partial charge in [-0.05, 0) is 29.2 Å². The number of carbonyl (C=O) groups excluding carboxylic acids is 1. The predicted octanol–water partition coefficient (Wildman–Crippen LogP) is 3.20. The molecular formula is C15H18N2O2. The molecule has 2 rings (SSSR count). The average molecular weight is 258 g/mol. The summed E-state index contributed by atoms with van der Waals surface area (Å²) < 4.78 is 5.37. The minimum atomic E-state index is 0.0464. The molecule has 2 aromatic rings. The molecule has 1 aromatic carbocycles. The number of aromatic amines is 1.